The lowest BCUT2D eigenvalue weighted by atomic mass is 9.97. The summed E-state index contributed by atoms with van der Waals surface area (Å²) >= 11 is 0. The summed E-state index contributed by atoms with van der Waals surface area (Å²) in [4.78, 5) is 42.2. The Bertz CT molecular complexity index is 805. The molecule has 1 aromatic rings. The van der Waals surface area contributed by atoms with Crippen molar-refractivity contribution in [3.63, 3.8) is 0 Å². The van der Waals surface area contributed by atoms with Gasteiger partial charge < -0.3 is 24.0 Å². The lowest BCUT2D eigenvalue weighted by Crippen LogP contribution is -2.46. The second kappa shape index (κ2) is 8.18. The second-order valence-electron chi connectivity index (χ2n) is 7.30. The smallest absolute Gasteiger partial charge is 0.325 e. The zero-order chi connectivity index (χ0) is 20.4. The number of urea groups is 1. The molecular weight excluding hydrogens is 378 g/mol. The maximum Gasteiger partial charge on any atom is 0.325 e. The zero-order valence-corrected chi connectivity index (χ0v) is 16.5. The number of ether oxygens (including phenoxy) is 3. The van der Waals surface area contributed by atoms with E-state index in [4.69, 9.17) is 14.2 Å². The number of hydrogen-bond donors (Lipinski definition) is 0. The van der Waals surface area contributed by atoms with Crippen molar-refractivity contribution in [3.8, 4) is 11.5 Å². The Kier molecular flexibility index (Phi) is 5.46. The van der Waals surface area contributed by atoms with E-state index in [0.717, 1.165) is 5.69 Å². The summed E-state index contributed by atoms with van der Waals surface area (Å²) in [5, 5.41) is 0. The van der Waals surface area contributed by atoms with Crippen LogP contribution in [-0.4, -0.2) is 73.8 Å². The highest BCUT2D eigenvalue weighted by Crippen LogP contribution is 2.36. The third kappa shape index (κ3) is 3.94. The first-order chi connectivity index (χ1) is 14.1. The minimum atomic E-state index is -0.196. The van der Waals surface area contributed by atoms with Crippen molar-refractivity contribution in [2.75, 3.05) is 51.0 Å². The number of carbonyl (C=O) groups is 3. The topological polar surface area (TPSA) is 88.6 Å². The van der Waals surface area contributed by atoms with Crippen molar-refractivity contribution in [2.24, 2.45) is 5.92 Å². The van der Waals surface area contributed by atoms with Gasteiger partial charge in [-0.3, -0.25) is 14.5 Å². The highest BCUT2D eigenvalue weighted by atomic mass is 16.7. The van der Waals surface area contributed by atoms with E-state index in [1.54, 1.807) is 33.8 Å². The summed E-state index contributed by atoms with van der Waals surface area (Å²) in [6, 6.07) is 5.19. The van der Waals surface area contributed by atoms with Crippen molar-refractivity contribution >= 4 is 23.6 Å². The van der Waals surface area contributed by atoms with Gasteiger partial charge in [0.1, 0.15) is 6.54 Å². The highest BCUT2D eigenvalue weighted by Gasteiger charge is 2.34. The van der Waals surface area contributed by atoms with Crippen LogP contribution in [0.2, 0.25) is 0 Å². The van der Waals surface area contributed by atoms with Gasteiger partial charge in [-0.05, 0) is 31.9 Å². The highest BCUT2D eigenvalue weighted by molar-refractivity contribution is 5.96. The summed E-state index contributed by atoms with van der Waals surface area (Å²) in [5.41, 5.74) is 0.726. The third-order valence-corrected chi connectivity index (χ3v) is 5.56. The Morgan fingerprint density at radius 1 is 1.10 bits per heavy atom. The standard InChI is InChI=1S/C20H25N3O6/c1-2-27-19(25)14-5-7-21(8-6-14)18(24)12-22-9-10-23(20(22)26)15-3-4-16-17(11-15)29-13-28-16/h3-4,11,14H,2,5-10,12-13H2,1H3. The number of likely N-dealkylation sites (tertiary alicyclic amines) is 1. The molecule has 0 N–H and O–H groups in total. The monoisotopic (exact) mass is 403 g/mol. The Morgan fingerprint density at radius 3 is 2.62 bits per heavy atom. The first kappa shape index (κ1) is 19.4. The van der Waals surface area contributed by atoms with E-state index < -0.39 is 0 Å². The third-order valence-electron chi connectivity index (χ3n) is 5.56. The van der Waals surface area contributed by atoms with Crippen LogP contribution in [0.5, 0.6) is 11.5 Å². The van der Waals surface area contributed by atoms with E-state index in [0.29, 0.717) is 57.1 Å². The molecule has 3 amide bonds. The van der Waals surface area contributed by atoms with Crippen LogP contribution < -0.4 is 14.4 Å². The molecular formula is C20H25N3O6. The first-order valence-corrected chi connectivity index (χ1v) is 9.97. The minimum absolute atomic E-state index is 0.0456. The number of piperidine rings is 1. The van der Waals surface area contributed by atoms with Crippen LogP contribution in [0.15, 0.2) is 18.2 Å². The fourth-order valence-electron chi connectivity index (χ4n) is 3.91. The molecule has 4 rings (SSSR count). The average Bonchev–Trinajstić information content (AvgIpc) is 3.34. The van der Waals surface area contributed by atoms with Crippen LogP contribution in [0.3, 0.4) is 0 Å². The van der Waals surface area contributed by atoms with Gasteiger partial charge >= 0.3 is 12.0 Å². The quantitative estimate of drug-likeness (QED) is 0.692. The van der Waals surface area contributed by atoms with Gasteiger partial charge in [0.2, 0.25) is 12.7 Å². The number of rotatable bonds is 5. The molecule has 0 unspecified atom stereocenters. The van der Waals surface area contributed by atoms with Gasteiger partial charge in [-0.15, -0.1) is 0 Å². The SMILES string of the molecule is CCOC(=O)C1CCN(C(=O)CN2CCN(c3ccc4c(c3)OCO4)C2=O)CC1. The van der Waals surface area contributed by atoms with Gasteiger partial charge in [-0.2, -0.15) is 0 Å². The molecule has 0 bridgehead atoms. The molecule has 29 heavy (non-hydrogen) atoms. The zero-order valence-electron chi connectivity index (χ0n) is 16.5. The van der Waals surface area contributed by atoms with Gasteiger partial charge in [0, 0.05) is 37.9 Å². The van der Waals surface area contributed by atoms with Crippen molar-refractivity contribution in [1.29, 1.82) is 0 Å². The second-order valence-corrected chi connectivity index (χ2v) is 7.30. The van der Waals surface area contributed by atoms with Gasteiger partial charge in [-0.1, -0.05) is 0 Å². The van der Waals surface area contributed by atoms with Crippen molar-refractivity contribution in [3.05, 3.63) is 18.2 Å². The number of amides is 3. The molecule has 3 aliphatic heterocycles. The van der Waals surface area contributed by atoms with Gasteiger partial charge in [0.25, 0.3) is 0 Å². The van der Waals surface area contributed by atoms with Crippen LogP contribution in [0.4, 0.5) is 10.5 Å². The van der Waals surface area contributed by atoms with Crippen LogP contribution in [-0.2, 0) is 14.3 Å². The molecule has 1 aromatic carbocycles. The maximum atomic E-state index is 12.8. The molecule has 0 spiro atoms. The summed E-state index contributed by atoms with van der Waals surface area (Å²) in [5.74, 6) is 0.865. The van der Waals surface area contributed by atoms with Crippen molar-refractivity contribution < 1.29 is 28.6 Å². The summed E-state index contributed by atoms with van der Waals surface area (Å²) in [6.45, 7) is 4.40. The van der Waals surface area contributed by atoms with E-state index >= 15 is 0 Å². The normalized spacial score (nSPS) is 19.1. The van der Waals surface area contributed by atoms with Gasteiger partial charge in [-0.25, -0.2) is 4.79 Å². The Labute approximate surface area is 169 Å². The van der Waals surface area contributed by atoms with Gasteiger partial charge in [0.05, 0.1) is 12.5 Å². The number of fused-ring (bicyclic) bond motifs is 1. The van der Waals surface area contributed by atoms with Crippen LogP contribution >= 0.6 is 0 Å². The molecule has 3 heterocycles. The largest absolute Gasteiger partial charge is 0.466 e. The summed E-state index contributed by atoms with van der Waals surface area (Å²) < 4.78 is 15.7. The molecule has 156 valence electrons. The summed E-state index contributed by atoms with van der Waals surface area (Å²) in [6.07, 6.45) is 1.20. The molecule has 0 atom stereocenters. The maximum absolute atomic E-state index is 12.8. The molecule has 9 nitrogen and oxygen atoms in total. The minimum Gasteiger partial charge on any atom is -0.466 e. The number of anilines is 1. The molecule has 0 aliphatic carbocycles. The lowest BCUT2D eigenvalue weighted by molar-refractivity contribution is -0.151. The molecule has 0 radical (unpaired) electrons. The fraction of sp³-hybridized carbons (Fsp3) is 0.550. The number of esters is 1. The molecule has 0 aromatic heterocycles. The summed E-state index contributed by atoms with van der Waals surface area (Å²) in [7, 11) is 0. The molecule has 2 saturated heterocycles. The van der Waals surface area contributed by atoms with E-state index in [1.165, 1.54) is 0 Å². The Hall–Kier alpha value is -2.97. The first-order valence-electron chi connectivity index (χ1n) is 9.97. The Balaban J connectivity index is 1.31. The number of hydrogen-bond acceptors (Lipinski definition) is 6. The number of nitrogens with zero attached hydrogens (tertiary/aromatic N) is 3. The van der Waals surface area contributed by atoms with Crippen molar-refractivity contribution in [1.82, 2.24) is 9.80 Å². The Morgan fingerprint density at radius 2 is 1.86 bits per heavy atom. The van der Waals surface area contributed by atoms with Crippen LogP contribution in [0, 0.1) is 5.92 Å². The molecule has 0 saturated carbocycles. The predicted octanol–water partition coefficient (Wildman–Crippen LogP) is 1.46. The van der Waals surface area contributed by atoms with Crippen LogP contribution in [0.1, 0.15) is 19.8 Å². The lowest BCUT2D eigenvalue weighted by Gasteiger charge is -2.32. The van der Waals surface area contributed by atoms with Crippen molar-refractivity contribution in [2.45, 2.75) is 19.8 Å². The fourth-order valence-corrected chi connectivity index (χ4v) is 3.91. The molecule has 2 fully saturated rings. The van der Waals surface area contributed by atoms with Crippen LogP contribution in [0.25, 0.3) is 0 Å². The van der Waals surface area contributed by atoms with E-state index in [-0.39, 0.29) is 37.2 Å². The molecule has 9 heteroatoms. The van der Waals surface area contributed by atoms with E-state index in [2.05, 4.69) is 0 Å². The van der Waals surface area contributed by atoms with Gasteiger partial charge in [0.15, 0.2) is 11.5 Å². The predicted molar refractivity (Wildman–Crippen MR) is 103 cm³/mol. The van der Waals surface area contributed by atoms with E-state index in [1.807, 2.05) is 6.07 Å². The number of carbonyl (C=O) groups excluding carboxylic acids is 3. The van der Waals surface area contributed by atoms with E-state index in [9.17, 15) is 14.4 Å². The number of benzene rings is 1. The average molecular weight is 403 g/mol. The molecule has 3 aliphatic rings.